The van der Waals surface area contributed by atoms with E-state index in [1.807, 2.05) is 4.57 Å². The van der Waals surface area contributed by atoms with Crippen molar-refractivity contribution < 1.29 is 30.4 Å². The number of fused-ring (bicyclic) bond motifs is 1. The predicted molar refractivity (Wildman–Crippen MR) is 127 cm³/mol. The van der Waals surface area contributed by atoms with E-state index in [0.717, 1.165) is 12.1 Å². The summed E-state index contributed by atoms with van der Waals surface area (Å²) in [4.78, 5) is 1.71. The lowest BCUT2D eigenvalue weighted by Gasteiger charge is -2.40. The Morgan fingerprint density at radius 2 is 1.58 bits per heavy atom. The highest BCUT2D eigenvalue weighted by atomic mass is 32.2. The van der Waals surface area contributed by atoms with E-state index in [9.17, 15) is 21.6 Å². The van der Waals surface area contributed by atoms with Gasteiger partial charge in [0.25, 0.3) is 0 Å². The van der Waals surface area contributed by atoms with Gasteiger partial charge >= 0.3 is 6.18 Å². The number of alkyl halides is 3. The van der Waals surface area contributed by atoms with Gasteiger partial charge in [-0.2, -0.15) is 17.5 Å². The zero-order valence-electron chi connectivity index (χ0n) is 20.0. The summed E-state index contributed by atoms with van der Waals surface area (Å²) in [5.74, 6) is -1.29. The maximum absolute atomic E-state index is 15.2. The third-order valence-electron chi connectivity index (χ3n) is 8.00. The SMILES string of the molecule is O=S1(=O)[C@@H](c2ccccc2)CC[C@H](C(F)(F)F)N1Cc1cc(F)c(N2CC3C(n4cnnc4)[C@@H]3C2)cc1F. The second kappa shape index (κ2) is 9.01. The summed E-state index contributed by atoms with van der Waals surface area (Å²) in [5, 5.41) is 6.39. The molecule has 0 spiro atoms. The Hall–Kier alpha value is -3.06. The number of hydrogen-bond acceptors (Lipinski definition) is 5. The molecular weight excluding hydrogens is 529 g/mol. The van der Waals surface area contributed by atoms with Crippen LogP contribution < -0.4 is 4.90 Å². The number of benzene rings is 2. The molecule has 3 heterocycles. The Balaban J connectivity index is 1.25. The van der Waals surface area contributed by atoms with Crippen LogP contribution in [0, 0.1) is 23.5 Å². The Labute approximate surface area is 215 Å². The largest absolute Gasteiger partial charge is 0.405 e. The third kappa shape index (κ3) is 4.25. The van der Waals surface area contributed by atoms with Crippen LogP contribution >= 0.6 is 0 Å². The minimum atomic E-state index is -4.86. The van der Waals surface area contributed by atoms with Crippen LogP contribution in [0.1, 0.15) is 35.3 Å². The van der Waals surface area contributed by atoms with Crippen molar-refractivity contribution >= 4 is 15.7 Å². The van der Waals surface area contributed by atoms with Crippen molar-refractivity contribution in [2.24, 2.45) is 11.8 Å². The molecule has 5 atom stereocenters. The van der Waals surface area contributed by atoms with Crippen molar-refractivity contribution in [1.29, 1.82) is 0 Å². The summed E-state index contributed by atoms with van der Waals surface area (Å²) in [7, 11) is -4.53. The minimum Gasteiger partial charge on any atom is -0.368 e. The van der Waals surface area contributed by atoms with Crippen molar-refractivity contribution in [3.05, 3.63) is 77.9 Å². The molecule has 2 aromatic carbocycles. The molecule has 0 amide bonds. The van der Waals surface area contributed by atoms with Gasteiger partial charge in [0.15, 0.2) is 0 Å². The molecule has 7 nitrogen and oxygen atoms in total. The third-order valence-corrected chi connectivity index (χ3v) is 10.3. The number of sulfonamides is 1. The first-order valence-electron chi connectivity index (χ1n) is 12.2. The first kappa shape index (κ1) is 25.2. The quantitative estimate of drug-likeness (QED) is 0.437. The van der Waals surface area contributed by atoms with E-state index in [2.05, 4.69) is 10.2 Å². The Kier molecular flexibility index (Phi) is 5.98. The van der Waals surface area contributed by atoms with Gasteiger partial charge in [-0.05, 0) is 24.5 Å². The second-order valence-electron chi connectivity index (χ2n) is 10.2. The van der Waals surface area contributed by atoms with E-state index in [4.69, 9.17) is 0 Å². The fourth-order valence-corrected chi connectivity index (χ4v) is 8.24. The zero-order chi connectivity index (χ0) is 26.8. The Morgan fingerprint density at radius 3 is 2.21 bits per heavy atom. The number of rotatable bonds is 5. The molecule has 2 unspecified atom stereocenters. The first-order valence-corrected chi connectivity index (χ1v) is 13.8. The van der Waals surface area contributed by atoms with E-state index in [0.29, 0.717) is 23.0 Å². The molecule has 1 aliphatic carbocycles. The van der Waals surface area contributed by atoms with E-state index < -0.39 is 57.7 Å². The first-order chi connectivity index (χ1) is 18.1. The van der Waals surface area contributed by atoms with Crippen molar-refractivity contribution in [2.45, 2.75) is 42.9 Å². The summed E-state index contributed by atoms with van der Waals surface area (Å²) in [6.07, 6.45) is -2.33. The summed E-state index contributed by atoms with van der Waals surface area (Å²) >= 11 is 0. The normalized spacial score (nSPS) is 28.9. The molecule has 2 aliphatic heterocycles. The van der Waals surface area contributed by atoms with Crippen LogP contribution in [0.4, 0.5) is 27.6 Å². The molecule has 13 heteroatoms. The maximum atomic E-state index is 15.2. The molecule has 38 heavy (non-hydrogen) atoms. The molecule has 3 fully saturated rings. The number of nitrogens with zero attached hydrogens (tertiary/aromatic N) is 5. The highest BCUT2D eigenvalue weighted by Gasteiger charge is 2.57. The van der Waals surface area contributed by atoms with Crippen molar-refractivity contribution in [3.63, 3.8) is 0 Å². The van der Waals surface area contributed by atoms with Crippen LogP contribution in [0.15, 0.2) is 55.1 Å². The van der Waals surface area contributed by atoms with E-state index in [-0.39, 0.29) is 30.0 Å². The van der Waals surface area contributed by atoms with Gasteiger partial charge in [0.2, 0.25) is 10.0 Å². The number of halogens is 5. The lowest BCUT2D eigenvalue weighted by atomic mass is 10.0. The number of aromatic nitrogens is 3. The number of hydrogen-bond donors (Lipinski definition) is 0. The van der Waals surface area contributed by atoms with E-state index in [1.165, 1.54) is 12.1 Å². The lowest BCUT2D eigenvalue weighted by molar-refractivity contribution is -0.176. The van der Waals surface area contributed by atoms with Crippen molar-refractivity contribution in [2.75, 3.05) is 18.0 Å². The summed E-state index contributed by atoms with van der Waals surface area (Å²) in [5.41, 5.74) is -0.0704. The van der Waals surface area contributed by atoms with Crippen LogP contribution in [-0.4, -0.2) is 52.8 Å². The van der Waals surface area contributed by atoms with Crippen LogP contribution in [0.3, 0.4) is 0 Å². The van der Waals surface area contributed by atoms with E-state index in [1.54, 1.807) is 35.8 Å². The van der Waals surface area contributed by atoms with Gasteiger partial charge in [0, 0.05) is 49.1 Å². The Morgan fingerprint density at radius 1 is 0.921 bits per heavy atom. The van der Waals surface area contributed by atoms with Crippen molar-refractivity contribution in [3.8, 4) is 0 Å². The molecule has 1 saturated carbocycles. The molecule has 3 aliphatic rings. The highest BCUT2D eigenvalue weighted by molar-refractivity contribution is 7.89. The van der Waals surface area contributed by atoms with Crippen LogP contribution in [0.2, 0.25) is 0 Å². The number of piperidine rings is 1. The van der Waals surface area contributed by atoms with Crippen LogP contribution in [0.25, 0.3) is 0 Å². The molecule has 2 saturated heterocycles. The monoisotopic (exact) mass is 553 g/mol. The molecular formula is C25H24F5N5O2S. The molecule has 0 radical (unpaired) electrons. The molecule has 0 bridgehead atoms. The summed E-state index contributed by atoms with van der Waals surface area (Å²) in [6, 6.07) is 7.62. The van der Waals surface area contributed by atoms with Gasteiger partial charge < -0.3 is 9.47 Å². The number of anilines is 1. The van der Waals surface area contributed by atoms with Crippen molar-refractivity contribution in [1.82, 2.24) is 19.1 Å². The van der Waals surface area contributed by atoms with Crippen LogP contribution in [0.5, 0.6) is 0 Å². The molecule has 202 valence electrons. The van der Waals surface area contributed by atoms with E-state index >= 15 is 8.78 Å². The predicted octanol–water partition coefficient (Wildman–Crippen LogP) is 4.46. The average Bonchev–Trinajstić information content (AvgIpc) is 3.23. The Bertz CT molecular complexity index is 1420. The topological polar surface area (TPSA) is 71.3 Å². The fraction of sp³-hybridized carbons (Fsp3) is 0.440. The van der Waals surface area contributed by atoms with Gasteiger partial charge in [-0.1, -0.05) is 30.3 Å². The fourth-order valence-electron chi connectivity index (χ4n) is 6.08. The molecule has 0 N–H and O–H groups in total. The molecule has 6 rings (SSSR count). The standard InChI is InChI=1S/C25H24F5N5O2S/c26-19-9-21(33-11-17-18(12-33)24(17)34-13-31-32-14-34)20(27)8-16(19)10-35-23(25(28,29)30)7-6-22(38(35,36)37)15-4-2-1-3-5-15/h1-5,8-9,13-14,17-18,22-24H,6-7,10-12H2/t17-,18?,22-,23-,24?/m1/s1. The highest BCUT2D eigenvalue weighted by Crippen LogP contribution is 2.56. The smallest absolute Gasteiger partial charge is 0.368 e. The zero-order valence-corrected chi connectivity index (χ0v) is 20.8. The summed E-state index contributed by atoms with van der Waals surface area (Å²) in [6.45, 7) is 0.0527. The maximum Gasteiger partial charge on any atom is 0.405 e. The molecule has 1 aromatic heterocycles. The van der Waals surface area contributed by atoms with Gasteiger partial charge in [-0.15, -0.1) is 10.2 Å². The van der Waals surface area contributed by atoms with Gasteiger partial charge in [0.05, 0.1) is 5.69 Å². The minimum absolute atomic E-state index is 0.0111. The van der Waals surface area contributed by atoms with Crippen LogP contribution in [-0.2, 0) is 16.6 Å². The summed E-state index contributed by atoms with van der Waals surface area (Å²) < 4.78 is 101. The average molecular weight is 554 g/mol. The second-order valence-corrected chi connectivity index (χ2v) is 12.2. The van der Waals surface area contributed by atoms with Gasteiger partial charge in [-0.25, -0.2) is 17.2 Å². The van der Waals surface area contributed by atoms with Gasteiger partial charge in [0.1, 0.15) is 35.6 Å². The lowest BCUT2D eigenvalue weighted by Crippen LogP contribution is -2.52. The van der Waals surface area contributed by atoms with Gasteiger partial charge in [-0.3, -0.25) is 0 Å². The molecule has 3 aromatic rings.